The Morgan fingerprint density at radius 1 is 1.47 bits per heavy atom. The fraction of sp³-hybridized carbons (Fsp3) is 0.364. The van der Waals surface area contributed by atoms with E-state index in [9.17, 15) is 9.18 Å². The molecule has 0 radical (unpaired) electrons. The van der Waals surface area contributed by atoms with Crippen molar-refractivity contribution in [3.63, 3.8) is 0 Å². The van der Waals surface area contributed by atoms with Crippen molar-refractivity contribution in [2.24, 2.45) is 11.7 Å². The number of benzene rings is 1. The molecule has 1 fully saturated rings. The Morgan fingerprint density at radius 3 is 2.80 bits per heavy atom. The third kappa shape index (κ3) is 1.72. The van der Waals surface area contributed by atoms with Crippen molar-refractivity contribution in [2.75, 3.05) is 18.0 Å². The maximum Gasteiger partial charge on any atom is 0.231 e. The van der Waals surface area contributed by atoms with E-state index >= 15 is 0 Å². The largest absolute Gasteiger partial charge is 0.330 e. The quantitative estimate of drug-likeness (QED) is 0.792. The molecule has 80 valence electrons. The SMILES string of the molecule is NCC1CCN(c2ccccc2F)C1=O. The second-order valence-electron chi connectivity index (χ2n) is 3.66. The second-order valence-corrected chi connectivity index (χ2v) is 3.66. The summed E-state index contributed by atoms with van der Waals surface area (Å²) in [4.78, 5) is 13.2. The zero-order valence-electron chi connectivity index (χ0n) is 8.32. The maximum absolute atomic E-state index is 13.4. The van der Waals surface area contributed by atoms with Crippen molar-refractivity contribution in [2.45, 2.75) is 6.42 Å². The van der Waals surface area contributed by atoms with E-state index in [0.29, 0.717) is 25.2 Å². The summed E-state index contributed by atoms with van der Waals surface area (Å²) < 4.78 is 13.4. The molecule has 0 saturated carbocycles. The summed E-state index contributed by atoms with van der Waals surface area (Å²) >= 11 is 0. The molecule has 0 spiro atoms. The van der Waals surface area contributed by atoms with Gasteiger partial charge in [-0.2, -0.15) is 0 Å². The number of anilines is 1. The van der Waals surface area contributed by atoms with Gasteiger partial charge in [-0.1, -0.05) is 12.1 Å². The summed E-state index contributed by atoms with van der Waals surface area (Å²) in [5.41, 5.74) is 5.82. The normalized spacial score (nSPS) is 21.1. The molecule has 1 aromatic carbocycles. The van der Waals surface area contributed by atoms with Crippen molar-refractivity contribution in [1.29, 1.82) is 0 Å². The number of nitrogens with two attached hydrogens (primary N) is 1. The minimum absolute atomic E-state index is 0.0670. The van der Waals surface area contributed by atoms with Gasteiger partial charge in [0, 0.05) is 13.1 Å². The van der Waals surface area contributed by atoms with Crippen LogP contribution in [-0.2, 0) is 4.79 Å². The molecular formula is C11H13FN2O. The number of carbonyl (C=O) groups is 1. The van der Waals surface area contributed by atoms with E-state index in [4.69, 9.17) is 5.73 Å². The summed E-state index contributed by atoms with van der Waals surface area (Å²) in [7, 11) is 0. The highest BCUT2D eigenvalue weighted by Gasteiger charge is 2.32. The van der Waals surface area contributed by atoms with Crippen LogP contribution in [0.5, 0.6) is 0 Å². The van der Waals surface area contributed by atoms with E-state index in [1.54, 1.807) is 18.2 Å². The number of halogens is 1. The highest BCUT2D eigenvalue weighted by atomic mass is 19.1. The van der Waals surface area contributed by atoms with Gasteiger partial charge >= 0.3 is 0 Å². The van der Waals surface area contributed by atoms with E-state index in [1.807, 2.05) is 0 Å². The first-order chi connectivity index (χ1) is 7.24. The van der Waals surface area contributed by atoms with Crippen LogP contribution in [0.2, 0.25) is 0 Å². The van der Waals surface area contributed by atoms with E-state index in [0.717, 1.165) is 0 Å². The number of amides is 1. The number of hydrogen-bond donors (Lipinski definition) is 1. The van der Waals surface area contributed by atoms with Crippen molar-refractivity contribution in [3.8, 4) is 0 Å². The molecule has 2 rings (SSSR count). The molecule has 2 N–H and O–H groups in total. The van der Waals surface area contributed by atoms with Crippen LogP contribution in [0.3, 0.4) is 0 Å². The van der Waals surface area contributed by atoms with Crippen LogP contribution in [0.25, 0.3) is 0 Å². The van der Waals surface area contributed by atoms with Crippen LogP contribution >= 0.6 is 0 Å². The average Bonchev–Trinajstić information content (AvgIpc) is 2.60. The third-order valence-electron chi connectivity index (χ3n) is 2.74. The molecule has 1 saturated heterocycles. The van der Waals surface area contributed by atoms with Gasteiger partial charge in [-0.15, -0.1) is 0 Å². The van der Waals surface area contributed by atoms with Gasteiger partial charge in [0.05, 0.1) is 11.6 Å². The first kappa shape index (κ1) is 10.1. The van der Waals surface area contributed by atoms with Gasteiger partial charge in [-0.3, -0.25) is 4.79 Å². The highest BCUT2D eigenvalue weighted by molar-refractivity contribution is 5.97. The van der Waals surface area contributed by atoms with Gasteiger partial charge in [0.1, 0.15) is 5.82 Å². The molecular weight excluding hydrogens is 195 g/mol. The lowest BCUT2D eigenvalue weighted by Gasteiger charge is -2.16. The zero-order chi connectivity index (χ0) is 10.8. The Hall–Kier alpha value is -1.42. The van der Waals surface area contributed by atoms with E-state index in [1.165, 1.54) is 11.0 Å². The average molecular weight is 208 g/mol. The van der Waals surface area contributed by atoms with Crippen LogP contribution < -0.4 is 10.6 Å². The Labute approximate surface area is 87.7 Å². The Balaban J connectivity index is 2.27. The Morgan fingerprint density at radius 2 is 2.20 bits per heavy atom. The van der Waals surface area contributed by atoms with Crippen molar-refractivity contribution >= 4 is 11.6 Å². The summed E-state index contributed by atoms with van der Waals surface area (Å²) in [5, 5.41) is 0. The number of para-hydroxylation sites is 1. The highest BCUT2D eigenvalue weighted by Crippen LogP contribution is 2.26. The molecule has 1 aromatic rings. The first-order valence-electron chi connectivity index (χ1n) is 5.00. The lowest BCUT2D eigenvalue weighted by molar-refractivity contribution is -0.120. The fourth-order valence-electron chi connectivity index (χ4n) is 1.87. The topological polar surface area (TPSA) is 46.3 Å². The first-order valence-corrected chi connectivity index (χ1v) is 5.00. The summed E-state index contributed by atoms with van der Waals surface area (Å²) in [5.74, 6) is -0.573. The van der Waals surface area contributed by atoms with Crippen LogP contribution in [0, 0.1) is 11.7 Å². The summed E-state index contributed by atoms with van der Waals surface area (Å²) in [6.07, 6.45) is 0.712. The zero-order valence-corrected chi connectivity index (χ0v) is 8.32. The van der Waals surface area contributed by atoms with Crippen molar-refractivity contribution < 1.29 is 9.18 Å². The van der Waals surface area contributed by atoms with Gasteiger partial charge in [0.2, 0.25) is 5.91 Å². The molecule has 0 bridgehead atoms. The number of hydrogen-bond acceptors (Lipinski definition) is 2. The number of carbonyl (C=O) groups excluding carboxylic acids is 1. The Kier molecular flexibility index (Phi) is 2.68. The standard InChI is InChI=1S/C11H13FN2O/c12-9-3-1-2-4-10(9)14-6-5-8(7-13)11(14)15/h1-4,8H,5-7,13H2. The van der Waals surface area contributed by atoms with Gasteiger partial charge in [-0.25, -0.2) is 4.39 Å². The summed E-state index contributed by atoms with van der Waals surface area (Å²) in [6.45, 7) is 0.894. The van der Waals surface area contributed by atoms with Gasteiger partial charge in [0.25, 0.3) is 0 Å². The molecule has 15 heavy (non-hydrogen) atoms. The molecule has 0 aliphatic carbocycles. The third-order valence-corrected chi connectivity index (χ3v) is 2.74. The monoisotopic (exact) mass is 208 g/mol. The smallest absolute Gasteiger partial charge is 0.231 e. The molecule has 1 atom stereocenters. The Bertz CT molecular complexity index is 381. The van der Waals surface area contributed by atoms with Crippen molar-refractivity contribution in [1.82, 2.24) is 0 Å². The van der Waals surface area contributed by atoms with E-state index in [2.05, 4.69) is 0 Å². The van der Waals surface area contributed by atoms with Gasteiger partial charge < -0.3 is 10.6 Å². The second kappa shape index (κ2) is 3.98. The minimum atomic E-state index is -0.358. The molecule has 1 aliphatic rings. The van der Waals surface area contributed by atoms with Gasteiger partial charge in [0.15, 0.2) is 0 Å². The van der Waals surface area contributed by atoms with Crippen LogP contribution in [-0.4, -0.2) is 19.0 Å². The molecule has 1 amide bonds. The molecule has 3 nitrogen and oxygen atoms in total. The lowest BCUT2D eigenvalue weighted by Crippen LogP contribution is -2.30. The number of nitrogens with zero attached hydrogens (tertiary/aromatic N) is 1. The predicted octanol–water partition coefficient (Wildman–Crippen LogP) is 1.14. The van der Waals surface area contributed by atoms with E-state index < -0.39 is 0 Å². The van der Waals surface area contributed by atoms with E-state index in [-0.39, 0.29) is 17.6 Å². The fourth-order valence-corrected chi connectivity index (χ4v) is 1.87. The lowest BCUT2D eigenvalue weighted by atomic mass is 10.1. The molecule has 4 heteroatoms. The minimum Gasteiger partial charge on any atom is -0.330 e. The molecule has 1 unspecified atom stereocenters. The van der Waals surface area contributed by atoms with Crippen LogP contribution in [0.4, 0.5) is 10.1 Å². The number of rotatable bonds is 2. The summed E-state index contributed by atoms with van der Waals surface area (Å²) in [6, 6.07) is 6.31. The molecule has 1 aliphatic heterocycles. The molecule has 1 heterocycles. The van der Waals surface area contributed by atoms with Crippen LogP contribution in [0.15, 0.2) is 24.3 Å². The maximum atomic E-state index is 13.4. The van der Waals surface area contributed by atoms with Crippen molar-refractivity contribution in [3.05, 3.63) is 30.1 Å². The predicted molar refractivity (Wildman–Crippen MR) is 55.9 cm³/mol. The van der Waals surface area contributed by atoms with Gasteiger partial charge in [-0.05, 0) is 18.6 Å². The molecule has 0 aromatic heterocycles. The van der Waals surface area contributed by atoms with Crippen LogP contribution in [0.1, 0.15) is 6.42 Å².